The molecule has 1 aliphatic rings. The lowest BCUT2D eigenvalue weighted by Crippen LogP contribution is -2.53. The predicted octanol–water partition coefficient (Wildman–Crippen LogP) is 2.84. The molecule has 2 aromatic rings. The highest BCUT2D eigenvalue weighted by molar-refractivity contribution is 7.89. The minimum absolute atomic E-state index is 0.0603. The zero-order valence-electron chi connectivity index (χ0n) is 16.0. The Bertz CT molecular complexity index is 1030. The van der Waals surface area contributed by atoms with Gasteiger partial charge in [-0.25, -0.2) is 17.5 Å². The van der Waals surface area contributed by atoms with Crippen molar-refractivity contribution < 1.29 is 12.8 Å². The number of nitrogens with one attached hydrogen (secondary N) is 1. The van der Waals surface area contributed by atoms with Crippen LogP contribution in [-0.4, -0.2) is 52.1 Å². The Hall–Kier alpha value is -2.18. The van der Waals surface area contributed by atoms with E-state index in [4.69, 9.17) is 11.6 Å². The van der Waals surface area contributed by atoms with Crippen LogP contribution in [0.15, 0.2) is 47.4 Å². The summed E-state index contributed by atoms with van der Waals surface area (Å²) < 4.78 is 40.5. The first-order valence-corrected chi connectivity index (χ1v) is 11.1. The van der Waals surface area contributed by atoms with Crippen LogP contribution >= 0.6 is 11.6 Å². The standard InChI is InChI=1S/C20H22ClFN4O2S/c1-15-14-26(20-5-3-2-4-16(20)13-23)11-10-25(15)9-8-24-29(27,28)17-6-7-19(22)18(21)12-17/h2-7,12,15,24H,8-11,14H2,1H3/t15-/m0/s1. The highest BCUT2D eigenvalue weighted by Gasteiger charge is 2.25. The topological polar surface area (TPSA) is 76.4 Å². The highest BCUT2D eigenvalue weighted by atomic mass is 35.5. The second kappa shape index (κ2) is 9.09. The van der Waals surface area contributed by atoms with Crippen molar-refractivity contribution in [1.82, 2.24) is 9.62 Å². The lowest BCUT2D eigenvalue weighted by atomic mass is 10.1. The van der Waals surface area contributed by atoms with Crippen molar-refractivity contribution in [3.8, 4) is 6.07 Å². The van der Waals surface area contributed by atoms with Gasteiger partial charge in [-0.2, -0.15) is 5.26 Å². The fraction of sp³-hybridized carbons (Fsp3) is 0.350. The molecule has 1 N–H and O–H groups in total. The average Bonchev–Trinajstić information content (AvgIpc) is 2.71. The fourth-order valence-electron chi connectivity index (χ4n) is 3.44. The lowest BCUT2D eigenvalue weighted by Gasteiger charge is -2.41. The molecule has 0 saturated carbocycles. The van der Waals surface area contributed by atoms with E-state index in [0.29, 0.717) is 12.1 Å². The molecule has 154 valence electrons. The number of nitrogens with zero attached hydrogens (tertiary/aromatic N) is 3. The third kappa shape index (κ3) is 5.06. The number of sulfonamides is 1. The summed E-state index contributed by atoms with van der Waals surface area (Å²) in [5.41, 5.74) is 1.58. The van der Waals surface area contributed by atoms with Crippen LogP contribution in [0.25, 0.3) is 0 Å². The third-order valence-corrected chi connectivity index (χ3v) is 6.77. The number of halogens is 2. The van der Waals surface area contributed by atoms with Crippen molar-refractivity contribution in [2.75, 3.05) is 37.6 Å². The molecule has 0 amide bonds. The summed E-state index contributed by atoms with van der Waals surface area (Å²) in [7, 11) is -3.75. The van der Waals surface area contributed by atoms with Crippen molar-refractivity contribution in [2.24, 2.45) is 0 Å². The predicted molar refractivity (Wildman–Crippen MR) is 111 cm³/mol. The van der Waals surface area contributed by atoms with E-state index in [2.05, 4.69) is 27.5 Å². The van der Waals surface area contributed by atoms with Crippen molar-refractivity contribution in [2.45, 2.75) is 17.9 Å². The summed E-state index contributed by atoms with van der Waals surface area (Å²) in [6.45, 7) is 5.11. The van der Waals surface area contributed by atoms with Crippen LogP contribution in [0.3, 0.4) is 0 Å². The van der Waals surface area contributed by atoms with Gasteiger partial charge >= 0.3 is 0 Å². The van der Waals surface area contributed by atoms with Crippen LogP contribution in [0.5, 0.6) is 0 Å². The smallest absolute Gasteiger partial charge is 0.240 e. The van der Waals surface area contributed by atoms with Crippen LogP contribution in [0.4, 0.5) is 10.1 Å². The second-order valence-corrected chi connectivity index (χ2v) is 9.11. The van der Waals surface area contributed by atoms with Gasteiger partial charge in [0.15, 0.2) is 0 Å². The molecule has 0 aromatic heterocycles. The number of hydrogen-bond donors (Lipinski definition) is 1. The third-order valence-electron chi connectivity index (χ3n) is 5.02. The van der Waals surface area contributed by atoms with Gasteiger partial charge in [-0.15, -0.1) is 0 Å². The van der Waals surface area contributed by atoms with Gasteiger partial charge in [-0.3, -0.25) is 4.90 Å². The largest absolute Gasteiger partial charge is 0.368 e. The number of nitriles is 1. The van der Waals surface area contributed by atoms with E-state index in [1.807, 2.05) is 24.3 Å². The minimum atomic E-state index is -3.75. The summed E-state index contributed by atoms with van der Waals surface area (Å²) in [6.07, 6.45) is 0. The van der Waals surface area contributed by atoms with E-state index in [1.165, 1.54) is 6.07 Å². The summed E-state index contributed by atoms with van der Waals surface area (Å²) in [5.74, 6) is -0.657. The minimum Gasteiger partial charge on any atom is -0.368 e. The first-order valence-electron chi connectivity index (χ1n) is 9.24. The SMILES string of the molecule is C[C@H]1CN(c2ccccc2C#N)CCN1CCNS(=O)(=O)c1ccc(F)c(Cl)c1. The zero-order valence-corrected chi connectivity index (χ0v) is 17.5. The average molecular weight is 437 g/mol. The lowest BCUT2D eigenvalue weighted by molar-refractivity contribution is 0.193. The molecule has 1 saturated heterocycles. The van der Waals surface area contributed by atoms with Crippen LogP contribution in [0.1, 0.15) is 12.5 Å². The number of piperazine rings is 1. The Kier molecular flexibility index (Phi) is 6.75. The number of benzene rings is 2. The molecule has 0 bridgehead atoms. The molecular formula is C20H22ClFN4O2S. The van der Waals surface area contributed by atoms with Crippen molar-refractivity contribution >= 4 is 27.3 Å². The molecule has 0 aliphatic carbocycles. The number of anilines is 1. The van der Waals surface area contributed by atoms with Crippen LogP contribution < -0.4 is 9.62 Å². The van der Waals surface area contributed by atoms with Gasteiger partial charge in [0.25, 0.3) is 0 Å². The van der Waals surface area contributed by atoms with Gasteiger partial charge in [0.05, 0.1) is 21.2 Å². The van der Waals surface area contributed by atoms with E-state index in [-0.39, 0.29) is 22.5 Å². The molecule has 2 aromatic carbocycles. The maximum absolute atomic E-state index is 13.3. The Morgan fingerprint density at radius 1 is 1.28 bits per heavy atom. The molecule has 0 radical (unpaired) electrons. The molecule has 0 spiro atoms. The van der Waals surface area contributed by atoms with E-state index >= 15 is 0 Å². The van der Waals surface area contributed by atoms with Gasteiger partial charge in [0, 0.05) is 38.8 Å². The van der Waals surface area contributed by atoms with Crippen molar-refractivity contribution in [1.29, 1.82) is 5.26 Å². The molecule has 1 heterocycles. The molecule has 3 rings (SSSR count). The molecule has 29 heavy (non-hydrogen) atoms. The maximum atomic E-state index is 13.3. The van der Waals surface area contributed by atoms with Crippen molar-refractivity contribution in [3.63, 3.8) is 0 Å². The van der Waals surface area contributed by atoms with Gasteiger partial charge < -0.3 is 4.90 Å². The van der Waals surface area contributed by atoms with Gasteiger partial charge in [-0.1, -0.05) is 23.7 Å². The molecule has 1 atom stereocenters. The van der Waals surface area contributed by atoms with Crippen LogP contribution in [-0.2, 0) is 10.0 Å². The molecular weight excluding hydrogens is 415 g/mol. The second-order valence-electron chi connectivity index (χ2n) is 6.93. The summed E-state index contributed by atoms with van der Waals surface area (Å²) in [6, 6.07) is 13.3. The molecule has 0 unspecified atom stereocenters. The molecule has 6 nitrogen and oxygen atoms in total. The van der Waals surface area contributed by atoms with Crippen LogP contribution in [0.2, 0.25) is 5.02 Å². The van der Waals surface area contributed by atoms with E-state index in [0.717, 1.165) is 37.5 Å². The first kappa shape index (κ1) is 21.5. The number of para-hydroxylation sites is 1. The number of rotatable bonds is 6. The van der Waals surface area contributed by atoms with Gasteiger partial charge in [0.1, 0.15) is 11.9 Å². The Morgan fingerprint density at radius 2 is 2.03 bits per heavy atom. The van der Waals surface area contributed by atoms with Gasteiger partial charge in [-0.05, 0) is 37.3 Å². The van der Waals surface area contributed by atoms with Crippen molar-refractivity contribution in [3.05, 3.63) is 58.9 Å². The number of hydrogen-bond acceptors (Lipinski definition) is 5. The monoisotopic (exact) mass is 436 g/mol. The zero-order chi connectivity index (χ0) is 21.0. The molecule has 1 fully saturated rings. The maximum Gasteiger partial charge on any atom is 0.240 e. The van der Waals surface area contributed by atoms with E-state index in [9.17, 15) is 18.1 Å². The Balaban J connectivity index is 1.56. The summed E-state index contributed by atoms with van der Waals surface area (Å²) >= 11 is 5.68. The quantitative estimate of drug-likeness (QED) is 0.753. The summed E-state index contributed by atoms with van der Waals surface area (Å²) in [5, 5.41) is 9.08. The van der Waals surface area contributed by atoms with Crippen LogP contribution in [0, 0.1) is 17.1 Å². The molecule has 9 heteroatoms. The fourth-order valence-corrected chi connectivity index (χ4v) is 4.73. The highest BCUT2D eigenvalue weighted by Crippen LogP contribution is 2.23. The summed E-state index contributed by atoms with van der Waals surface area (Å²) in [4.78, 5) is 4.32. The Morgan fingerprint density at radius 3 is 2.72 bits per heavy atom. The van der Waals surface area contributed by atoms with Gasteiger partial charge in [0.2, 0.25) is 10.0 Å². The molecule has 1 aliphatic heterocycles. The first-order chi connectivity index (χ1) is 13.8. The normalized spacial score (nSPS) is 17.9. The van der Waals surface area contributed by atoms with E-state index in [1.54, 1.807) is 0 Å². The Labute approximate surface area is 175 Å². The van der Waals surface area contributed by atoms with E-state index < -0.39 is 15.8 Å².